The van der Waals surface area contributed by atoms with Gasteiger partial charge in [-0.25, -0.2) is 0 Å². The van der Waals surface area contributed by atoms with Crippen LogP contribution in [0.25, 0.3) is 0 Å². The van der Waals surface area contributed by atoms with Gasteiger partial charge in [0, 0.05) is 0 Å². The van der Waals surface area contributed by atoms with Gasteiger partial charge in [0.05, 0.1) is 19.6 Å². The second-order valence-corrected chi connectivity index (χ2v) is 4.76. The van der Waals surface area contributed by atoms with E-state index >= 15 is 0 Å². The maximum atomic E-state index is 12.3. The van der Waals surface area contributed by atoms with E-state index in [1.807, 2.05) is 30.3 Å². The fourth-order valence-corrected chi connectivity index (χ4v) is 2.52. The van der Waals surface area contributed by atoms with Gasteiger partial charge in [-0.2, -0.15) is 0 Å². The molecule has 0 saturated carbocycles. The van der Waals surface area contributed by atoms with E-state index in [1.165, 1.54) is 7.11 Å². The first-order chi connectivity index (χ1) is 9.60. The van der Waals surface area contributed by atoms with Crippen molar-refractivity contribution in [3.63, 3.8) is 0 Å². The minimum Gasteiger partial charge on any atom is -0.468 e. The van der Waals surface area contributed by atoms with Crippen LogP contribution in [-0.2, 0) is 25.7 Å². The average molecular weight is 275 g/mol. The Morgan fingerprint density at radius 1 is 1.20 bits per heavy atom. The number of ether oxygens (including phenoxy) is 1. The van der Waals surface area contributed by atoms with Crippen molar-refractivity contribution in [2.75, 3.05) is 7.11 Å². The van der Waals surface area contributed by atoms with Gasteiger partial charge in [0.2, 0.25) is 11.8 Å². The standard InChI is InChI=1S/C15H17NO4/c1-3-11-12(15(19)20-2)14(18)16(13(11)17)9-10-7-5-4-6-8-10/h4-8,11-12H,3,9H2,1-2H3/t11-,12-/m0/s1. The predicted octanol–water partition coefficient (Wildman–Crippen LogP) is 1.37. The summed E-state index contributed by atoms with van der Waals surface area (Å²) in [6.07, 6.45) is 0.440. The van der Waals surface area contributed by atoms with Crippen LogP contribution in [0.4, 0.5) is 0 Å². The largest absolute Gasteiger partial charge is 0.468 e. The van der Waals surface area contributed by atoms with Crippen molar-refractivity contribution < 1.29 is 19.1 Å². The van der Waals surface area contributed by atoms with E-state index in [4.69, 9.17) is 0 Å². The molecular formula is C15H17NO4. The molecule has 5 heteroatoms. The van der Waals surface area contributed by atoms with Crippen LogP contribution in [-0.4, -0.2) is 29.8 Å². The number of esters is 1. The summed E-state index contributed by atoms with van der Waals surface area (Å²) in [5.41, 5.74) is 0.856. The number of hydrogen-bond donors (Lipinski definition) is 0. The first kappa shape index (κ1) is 14.2. The van der Waals surface area contributed by atoms with Gasteiger partial charge >= 0.3 is 5.97 Å². The molecule has 0 unspecified atom stereocenters. The van der Waals surface area contributed by atoms with Crippen LogP contribution >= 0.6 is 0 Å². The van der Waals surface area contributed by atoms with Crippen molar-refractivity contribution in [3.8, 4) is 0 Å². The summed E-state index contributed by atoms with van der Waals surface area (Å²) in [6.45, 7) is 1.99. The topological polar surface area (TPSA) is 63.7 Å². The maximum absolute atomic E-state index is 12.3. The summed E-state index contributed by atoms with van der Waals surface area (Å²) in [5, 5.41) is 0. The monoisotopic (exact) mass is 275 g/mol. The third-order valence-corrected chi connectivity index (χ3v) is 3.60. The lowest BCUT2D eigenvalue weighted by molar-refractivity contribution is -0.151. The Balaban J connectivity index is 2.24. The Hall–Kier alpha value is -2.17. The van der Waals surface area contributed by atoms with Crippen LogP contribution in [0.2, 0.25) is 0 Å². The number of imide groups is 1. The molecule has 20 heavy (non-hydrogen) atoms. The lowest BCUT2D eigenvalue weighted by Gasteiger charge is -2.14. The maximum Gasteiger partial charge on any atom is 0.319 e. The van der Waals surface area contributed by atoms with Crippen molar-refractivity contribution in [1.29, 1.82) is 0 Å². The lowest BCUT2D eigenvalue weighted by Crippen LogP contribution is -2.32. The third kappa shape index (κ3) is 2.43. The number of amides is 2. The number of carbonyl (C=O) groups excluding carboxylic acids is 3. The number of methoxy groups -OCH3 is 1. The Morgan fingerprint density at radius 3 is 2.40 bits per heavy atom. The molecule has 1 aromatic carbocycles. The summed E-state index contributed by atoms with van der Waals surface area (Å²) in [7, 11) is 1.23. The SMILES string of the molecule is CC[C@@H]1C(=O)N(Cc2ccccc2)C(=O)[C@H]1C(=O)OC. The summed E-state index contributed by atoms with van der Waals surface area (Å²) < 4.78 is 4.64. The van der Waals surface area contributed by atoms with Gasteiger partial charge in [-0.15, -0.1) is 0 Å². The van der Waals surface area contributed by atoms with E-state index in [9.17, 15) is 14.4 Å². The first-order valence-corrected chi connectivity index (χ1v) is 6.57. The number of nitrogens with zero attached hydrogens (tertiary/aromatic N) is 1. The molecule has 0 radical (unpaired) electrons. The molecule has 1 aromatic rings. The molecule has 1 saturated heterocycles. The van der Waals surface area contributed by atoms with Crippen molar-refractivity contribution >= 4 is 17.8 Å². The summed E-state index contributed by atoms with van der Waals surface area (Å²) >= 11 is 0. The summed E-state index contributed by atoms with van der Waals surface area (Å²) in [4.78, 5) is 37.4. The van der Waals surface area contributed by atoms with E-state index in [-0.39, 0.29) is 12.5 Å². The number of carbonyl (C=O) groups is 3. The van der Waals surface area contributed by atoms with E-state index in [1.54, 1.807) is 6.92 Å². The predicted molar refractivity (Wildman–Crippen MR) is 71.3 cm³/mol. The lowest BCUT2D eigenvalue weighted by atomic mass is 9.93. The second-order valence-electron chi connectivity index (χ2n) is 4.76. The molecule has 2 rings (SSSR count). The highest BCUT2D eigenvalue weighted by Gasteiger charge is 2.50. The fraction of sp³-hybridized carbons (Fsp3) is 0.400. The molecular weight excluding hydrogens is 258 g/mol. The minimum absolute atomic E-state index is 0.197. The van der Waals surface area contributed by atoms with E-state index < -0.39 is 23.7 Å². The third-order valence-electron chi connectivity index (χ3n) is 3.60. The minimum atomic E-state index is -0.999. The van der Waals surface area contributed by atoms with Crippen LogP contribution in [0.5, 0.6) is 0 Å². The van der Waals surface area contributed by atoms with Gasteiger partial charge in [-0.05, 0) is 12.0 Å². The van der Waals surface area contributed by atoms with Crippen LogP contribution in [0.3, 0.4) is 0 Å². The van der Waals surface area contributed by atoms with Gasteiger partial charge in [-0.1, -0.05) is 37.3 Å². The normalized spacial score (nSPS) is 22.2. The quantitative estimate of drug-likeness (QED) is 0.473. The van der Waals surface area contributed by atoms with Gasteiger partial charge in [-0.3, -0.25) is 19.3 Å². The highest BCUT2D eigenvalue weighted by Crippen LogP contribution is 2.31. The van der Waals surface area contributed by atoms with Gasteiger partial charge in [0.15, 0.2) is 0 Å². The van der Waals surface area contributed by atoms with E-state index in [0.717, 1.165) is 10.5 Å². The molecule has 1 heterocycles. The Bertz CT molecular complexity index is 526. The summed E-state index contributed by atoms with van der Waals surface area (Å²) in [6, 6.07) is 9.23. The number of likely N-dealkylation sites (tertiary alicyclic amines) is 1. The zero-order valence-corrected chi connectivity index (χ0v) is 11.5. The Kier molecular flexibility index (Phi) is 4.17. The molecule has 0 aliphatic carbocycles. The van der Waals surface area contributed by atoms with Crippen LogP contribution in [0.15, 0.2) is 30.3 Å². The zero-order valence-electron chi connectivity index (χ0n) is 11.5. The van der Waals surface area contributed by atoms with Gasteiger partial charge in [0.25, 0.3) is 0 Å². The molecule has 0 aromatic heterocycles. The average Bonchev–Trinajstić information content (AvgIpc) is 2.71. The molecule has 0 bridgehead atoms. The summed E-state index contributed by atoms with van der Waals surface area (Å²) in [5.74, 6) is -3.00. The Labute approximate surface area is 117 Å². The molecule has 0 spiro atoms. The smallest absolute Gasteiger partial charge is 0.319 e. The first-order valence-electron chi connectivity index (χ1n) is 6.57. The fourth-order valence-electron chi connectivity index (χ4n) is 2.52. The van der Waals surface area contributed by atoms with Gasteiger partial charge < -0.3 is 4.74 Å². The van der Waals surface area contributed by atoms with Crippen molar-refractivity contribution in [3.05, 3.63) is 35.9 Å². The number of hydrogen-bond acceptors (Lipinski definition) is 4. The molecule has 5 nitrogen and oxygen atoms in total. The number of rotatable bonds is 4. The molecule has 2 atom stereocenters. The Morgan fingerprint density at radius 2 is 1.85 bits per heavy atom. The molecule has 106 valence electrons. The molecule has 1 aliphatic rings. The second kappa shape index (κ2) is 5.86. The molecule has 0 N–H and O–H groups in total. The number of benzene rings is 1. The highest BCUT2D eigenvalue weighted by molar-refractivity contribution is 6.13. The molecule has 2 amide bonds. The van der Waals surface area contributed by atoms with Crippen LogP contribution < -0.4 is 0 Å². The van der Waals surface area contributed by atoms with E-state index in [0.29, 0.717) is 6.42 Å². The molecule has 1 fully saturated rings. The highest BCUT2D eigenvalue weighted by atomic mass is 16.5. The molecule has 1 aliphatic heterocycles. The van der Waals surface area contributed by atoms with Crippen molar-refractivity contribution in [1.82, 2.24) is 4.90 Å². The van der Waals surface area contributed by atoms with Crippen LogP contribution in [0.1, 0.15) is 18.9 Å². The van der Waals surface area contributed by atoms with E-state index in [2.05, 4.69) is 4.74 Å². The van der Waals surface area contributed by atoms with Crippen LogP contribution in [0, 0.1) is 11.8 Å². The van der Waals surface area contributed by atoms with Gasteiger partial charge in [0.1, 0.15) is 5.92 Å². The van der Waals surface area contributed by atoms with Crippen molar-refractivity contribution in [2.45, 2.75) is 19.9 Å². The van der Waals surface area contributed by atoms with Crippen molar-refractivity contribution in [2.24, 2.45) is 11.8 Å². The zero-order chi connectivity index (χ0) is 14.7.